The summed E-state index contributed by atoms with van der Waals surface area (Å²) in [5, 5.41) is 10.4. The molecule has 0 radical (unpaired) electrons. The van der Waals surface area contributed by atoms with Gasteiger partial charge in [-0.2, -0.15) is 0 Å². The molecule has 0 fully saturated rings. The zero-order valence-corrected chi connectivity index (χ0v) is 7.98. The highest BCUT2D eigenvalue weighted by atomic mass is 16.3. The summed E-state index contributed by atoms with van der Waals surface area (Å²) in [6.45, 7) is 1.64. The smallest absolute Gasteiger partial charge is 0.116 e. The Morgan fingerprint density at radius 3 is 2.93 bits per heavy atom. The first kappa shape index (κ1) is 9.09. The Labute approximate surface area is 82.8 Å². The van der Waals surface area contributed by atoms with Crippen LogP contribution in [0.25, 0.3) is 10.9 Å². The summed E-state index contributed by atoms with van der Waals surface area (Å²) in [7, 11) is 0. The molecule has 0 aliphatic carbocycles. The molecule has 1 heterocycles. The van der Waals surface area contributed by atoms with Gasteiger partial charge in [0.25, 0.3) is 0 Å². The monoisotopic (exact) mass is 190 g/mol. The van der Waals surface area contributed by atoms with E-state index in [1.54, 1.807) is 12.1 Å². The highest BCUT2D eigenvalue weighted by Crippen LogP contribution is 2.20. The molecular formula is C11H14N2O. The van der Waals surface area contributed by atoms with Crippen molar-refractivity contribution in [1.82, 2.24) is 4.57 Å². The first-order valence-electron chi connectivity index (χ1n) is 4.79. The van der Waals surface area contributed by atoms with Crippen molar-refractivity contribution in [3.8, 4) is 5.75 Å². The molecule has 0 saturated carbocycles. The second-order valence-electron chi connectivity index (χ2n) is 3.39. The lowest BCUT2D eigenvalue weighted by molar-refractivity contribution is 0.476. The van der Waals surface area contributed by atoms with Crippen LogP contribution < -0.4 is 5.73 Å². The fraction of sp³-hybridized carbons (Fsp3) is 0.273. The molecule has 0 spiro atoms. The Morgan fingerprint density at radius 1 is 1.29 bits per heavy atom. The number of phenols is 1. The molecule has 3 N–H and O–H groups in total. The van der Waals surface area contributed by atoms with Crippen molar-refractivity contribution in [2.24, 2.45) is 5.73 Å². The van der Waals surface area contributed by atoms with E-state index in [2.05, 4.69) is 4.57 Å². The molecule has 0 atom stereocenters. The molecule has 0 aliphatic heterocycles. The standard InChI is InChI=1S/C11H14N2O/c12-5-1-6-13-7-4-9-8-10(14)2-3-11(9)13/h2-4,7-8,14H,1,5-6,12H2. The van der Waals surface area contributed by atoms with Crippen LogP contribution in [0.1, 0.15) is 6.42 Å². The summed E-state index contributed by atoms with van der Waals surface area (Å²) in [6.07, 6.45) is 3.00. The van der Waals surface area contributed by atoms with Crippen LogP contribution in [0, 0.1) is 0 Å². The van der Waals surface area contributed by atoms with Crippen molar-refractivity contribution in [2.75, 3.05) is 6.54 Å². The second kappa shape index (κ2) is 3.72. The maximum Gasteiger partial charge on any atom is 0.116 e. The zero-order valence-electron chi connectivity index (χ0n) is 7.98. The number of fused-ring (bicyclic) bond motifs is 1. The van der Waals surface area contributed by atoms with E-state index >= 15 is 0 Å². The largest absolute Gasteiger partial charge is 0.508 e. The van der Waals surface area contributed by atoms with E-state index in [0.717, 1.165) is 23.9 Å². The van der Waals surface area contributed by atoms with Crippen LogP contribution in [-0.2, 0) is 6.54 Å². The average molecular weight is 190 g/mol. The molecule has 1 aromatic carbocycles. The number of rotatable bonds is 3. The molecule has 0 aliphatic rings. The van der Waals surface area contributed by atoms with Gasteiger partial charge in [0.15, 0.2) is 0 Å². The quantitative estimate of drug-likeness (QED) is 0.773. The van der Waals surface area contributed by atoms with Crippen molar-refractivity contribution < 1.29 is 5.11 Å². The predicted octanol–water partition coefficient (Wildman–Crippen LogP) is 1.70. The molecular weight excluding hydrogens is 176 g/mol. The van der Waals surface area contributed by atoms with E-state index in [-0.39, 0.29) is 0 Å². The van der Waals surface area contributed by atoms with Gasteiger partial charge in [-0.05, 0) is 37.2 Å². The van der Waals surface area contributed by atoms with Crippen LogP contribution in [0.5, 0.6) is 5.75 Å². The number of aromatic hydroxyl groups is 1. The van der Waals surface area contributed by atoms with Crippen LogP contribution in [-0.4, -0.2) is 16.2 Å². The van der Waals surface area contributed by atoms with Gasteiger partial charge in [-0.15, -0.1) is 0 Å². The van der Waals surface area contributed by atoms with Gasteiger partial charge in [-0.1, -0.05) is 0 Å². The van der Waals surface area contributed by atoms with Gasteiger partial charge in [0.2, 0.25) is 0 Å². The van der Waals surface area contributed by atoms with E-state index in [1.165, 1.54) is 0 Å². The molecule has 1 aromatic heterocycles. The van der Waals surface area contributed by atoms with Crippen LogP contribution >= 0.6 is 0 Å². The first-order chi connectivity index (χ1) is 6.81. The third kappa shape index (κ3) is 1.59. The molecule has 2 rings (SSSR count). The van der Waals surface area contributed by atoms with Crippen LogP contribution in [0.3, 0.4) is 0 Å². The van der Waals surface area contributed by atoms with Crippen molar-refractivity contribution in [1.29, 1.82) is 0 Å². The molecule has 3 heteroatoms. The Kier molecular flexibility index (Phi) is 2.41. The van der Waals surface area contributed by atoms with Crippen LogP contribution in [0.2, 0.25) is 0 Å². The first-order valence-corrected chi connectivity index (χ1v) is 4.79. The van der Waals surface area contributed by atoms with E-state index < -0.39 is 0 Å². The van der Waals surface area contributed by atoms with Gasteiger partial charge in [0.05, 0.1) is 0 Å². The Bertz CT molecular complexity index is 434. The fourth-order valence-corrected chi connectivity index (χ4v) is 1.64. The summed E-state index contributed by atoms with van der Waals surface area (Å²) < 4.78 is 2.15. The lowest BCUT2D eigenvalue weighted by atomic mass is 10.2. The molecule has 3 nitrogen and oxygen atoms in total. The minimum absolute atomic E-state index is 0.314. The van der Waals surface area contributed by atoms with Crippen LogP contribution in [0.4, 0.5) is 0 Å². The third-order valence-corrected chi connectivity index (χ3v) is 2.36. The molecule has 2 aromatic rings. The summed E-state index contributed by atoms with van der Waals surface area (Å²) in [4.78, 5) is 0. The van der Waals surface area contributed by atoms with Gasteiger partial charge in [0.1, 0.15) is 5.75 Å². The van der Waals surface area contributed by atoms with E-state index in [9.17, 15) is 5.11 Å². The highest BCUT2D eigenvalue weighted by molar-refractivity contribution is 5.81. The zero-order chi connectivity index (χ0) is 9.97. The van der Waals surface area contributed by atoms with Gasteiger partial charge >= 0.3 is 0 Å². The van der Waals surface area contributed by atoms with Crippen molar-refractivity contribution in [2.45, 2.75) is 13.0 Å². The summed E-state index contributed by atoms with van der Waals surface area (Å²) in [6, 6.07) is 7.42. The van der Waals surface area contributed by atoms with E-state index in [4.69, 9.17) is 5.73 Å². The summed E-state index contributed by atoms with van der Waals surface area (Å²) in [5.74, 6) is 0.314. The number of phenolic OH excluding ortho intramolecular Hbond substituents is 1. The summed E-state index contributed by atoms with van der Waals surface area (Å²) in [5.41, 5.74) is 6.61. The molecule has 0 saturated heterocycles. The lowest BCUT2D eigenvalue weighted by Crippen LogP contribution is -2.04. The van der Waals surface area contributed by atoms with E-state index in [0.29, 0.717) is 12.3 Å². The van der Waals surface area contributed by atoms with Gasteiger partial charge in [0, 0.05) is 23.6 Å². The average Bonchev–Trinajstić information content (AvgIpc) is 2.57. The number of hydrogen-bond donors (Lipinski definition) is 2. The number of nitrogens with two attached hydrogens (primary N) is 1. The minimum atomic E-state index is 0.314. The Hall–Kier alpha value is -1.48. The van der Waals surface area contributed by atoms with Gasteiger partial charge in [-0.3, -0.25) is 0 Å². The number of benzene rings is 1. The minimum Gasteiger partial charge on any atom is -0.508 e. The summed E-state index contributed by atoms with van der Waals surface area (Å²) >= 11 is 0. The Balaban J connectivity index is 2.37. The normalized spacial score (nSPS) is 10.9. The number of aromatic nitrogens is 1. The van der Waals surface area contributed by atoms with Crippen molar-refractivity contribution >= 4 is 10.9 Å². The van der Waals surface area contributed by atoms with Crippen molar-refractivity contribution in [3.05, 3.63) is 30.5 Å². The maximum atomic E-state index is 9.29. The maximum absolute atomic E-state index is 9.29. The predicted molar refractivity (Wildman–Crippen MR) is 57.3 cm³/mol. The molecule has 0 bridgehead atoms. The Morgan fingerprint density at radius 2 is 2.14 bits per heavy atom. The molecule has 0 amide bonds. The molecule has 0 unspecified atom stereocenters. The topological polar surface area (TPSA) is 51.2 Å². The number of hydrogen-bond acceptors (Lipinski definition) is 2. The number of nitrogens with zero attached hydrogens (tertiary/aromatic N) is 1. The van der Waals surface area contributed by atoms with Gasteiger partial charge < -0.3 is 15.4 Å². The van der Waals surface area contributed by atoms with Gasteiger partial charge in [-0.25, -0.2) is 0 Å². The molecule has 74 valence electrons. The van der Waals surface area contributed by atoms with Crippen molar-refractivity contribution in [3.63, 3.8) is 0 Å². The fourth-order valence-electron chi connectivity index (χ4n) is 1.64. The van der Waals surface area contributed by atoms with E-state index in [1.807, 2.05) is 18.3 Å². The number of aryl methyl sites for hydroxylation is 1. The second-order valence-corrected chi connectivity index (χ2v) is 3.39. The SMILES string of the molecule is NCCCn1ccc2cc(O)ccc21. The highest BCUT2D eigenvalue weighted by Gasteiger charge is 2.00. The third-order valence-electron chi connectivity index (χ3n) is 2.36. The molecule has 14 heavy (non-hydrogen) atoms. The lowest BCUT2D eigenvalue weighted by Gasteiger charge is -2.03. The van der Waals surface area contributed by atoms with Crippen LogP contribution in [0.15, 0.2) is 30.5 Å².